The quantitative estimate of drug-likeness (QED) is 0.760. The molecule has 2 amide bonds. The zero-order chi connectivity index (χ0) is 17.7. The second-order valence-corrected chi connectivity index (χ2v) is 6.08. The van der Waals surface area contributed by atoms with Crippen LogP contribution in [0, 0.1) is 0 Å². The van der Waals surface area contributed by atoms with Crippen LogP contribution in [0.4, 0.5) is 0 Å². The second kappa shape index (κ2) is 7.75. The van der Waals surface area contributed by atoms with Gasteiger partial charge in [0.25, 0.3) is 5.91 Å². The summed E-state index contributed by atoms with van der Waals surface area (Å²) in [4.78, 5) is 23.1. The fourth-order valence-corrected chi connectivity index (χ4v) is 2.34. The highest BCUT2D eigenvalue weighted by Gasteiger charge is 2.11. The van der Waals surface area contributed by atoms with Crippen molar-refractivity contribution in [1.29, 1.82) is 0 Å². The lowest BCUT2D eigenvalue weighted by Crippen LogP contribution is -2.31. The minimum absolute atomic E-state index is 0.236. The van der Waals surface area contributed by atoms with Crippen molar-refractivity contribution in [1.82, 2.24) is 5.32 Å². The molecule has 0 aliphatic rings. The summed E-state index contributed by atoms with van der Waals surface area (Å²) in [5, 5.41) is 2.80. The number of benzene rings is 2. The molecule has 0 fully saturated rings. The first-order valence-electron chi connectivity index (χ1n) is 7.92. The van der Waals surface area contributed by atoms with Crippen LogP contribution in [0.15, 0.2) is 48.5 Å². The smallest absolute Gasteiger partial charge is 0.251 e. The van der Waals surface area contributed by atoms with E-state index in [-0.39, 0.29) is 11.9 Å². The van der Waals surface area contributed by atoms with E-state index in [1.807, 2.05) is 12.1 Å². The number of rotatable bonds is 6. The SMILES string of the molecule is CC(C)c1ccc(C(N)CNC(=O)c2ccc(C(N)=O)cc2)cc1. The van der Waals surface area contributed by atoms with E-state index in [0.717, 1.165) is 5.56 Å². The summed E-state index contributed by atoms with van der Waals surface area (Å²) < 4.78 is 0. The van der Waals surface area contributed by atoms with Crippen LogP contribution in [0.5, 0.6) is 0 Å². The molecular weight excluding hydrogens is 302 g/mol. The number of hydrogen-bond acceptors (Lipinski definition) is 3. The lowest BCUT2D eigenvalue weighted by Gasteiger charge is -2.14. The fourth-order valence-electron chi connectivity index (χ4n) is 2.34. The lowest BCUT2D eigenvalue weighted by molar-refractivity contribution is 0.0948. The van der Waals surface area contributed by atoms with Crippen LogP contribution in [-0.4, -0.2) is 18.4 Å². The van der Waals surface area contributed by atoms with Crippen molar-refractivity contribution in [2.45, 2.75) is 25.8 Å². The molecule has 1 atom stereocenters. The first-order chi connectivity index (χ1) is 11.4. The minimum Gasteiger partial charge on any atom is -0.366 e. The van der Waals surface area contributed by atoms with E-state index in [2.05, 4.69) is 31.3 Å². The van der Waals surface area contributed by atoms with E-state index in [4.69, 9.17) is 11.5 Å². The van der Waals surface area contributed by atoms with Gasteiger partial charge in [0.15, 0.2) is 0 Å². The van der Waals surface area contributed by atoms with Gasteiger partial charge in [0.2, 0.25) is 5.91 Å². The van der Waals surface area contributed by atoms with Gasteiger partial charge < -0.3 is 16.8 Å². The Morgan fingerprint density at radius 1 is 0.917 bits per heavy atom. The highest BCUT2D eigenvalue weighted by Crippen LogP contribution is 2.17. The van der Waals surface area contributed by atoms with Gasteiger partial charge in [-0.2, -0.15) is 0 Å². The Kier molecular flexibility index (Phi) is 5.71. The normalized spacial score (nSPS) is 12.0. The molecule has 1 unspecified atom stereocenters. The zero-order valence-corrected chi connectivity index (χ0v) is 14.0. The fraction of sp³-hybridized carbons (Fsp3) is 0.263. The van der Waals surface area contributed by atoms with E-state index in [1.165, 1.54) is 17.7 Å². The Balaban J connectivity index is 1.94. The first-order valence-corrected chi connectivity index (χ1v) is 7.92. The predicted molar refractivity (Wildman–Crippen MR) is 94.8 cm³/mol. The van der Waals surface area contributed by atoms with Crippen LogP contribution in [0.2, 0.25) is 0 Å². The summed E-state index contributed by atoms with van der Waals surface area (Å²) in [6, 6.07) is 14.0. The van der Waals surface area contributed by atoms with Gasteiger partial charge in [0, 0.05) is 23.7 Å². The summed E-state index contributed by atoms with van der Waals surface area (Å²) in [6.07, 6.45) is 0. The van der Waals surface area contributed by atoms with Crippen molar-refractivity contribution in [2.75, 3.05) is 6.54 Å². The van der Waals surface area contributed by atoms with Gasteiger partial charge in [-0.3, -0.25) is 9.59 Å². The molecule has 0 saturated carbocycles. The number of nitrogens with one attached hydrogen (secondary N) is 1. The lowest BCUT2D eigenvalue weighted by atomic mass is 9.99. The first kappa shape index (κ1) is 17.7. The third kappa shape index (κ3) is 4.43. The second-order valence-electron chi connectivity index (χ2n) is 6.08. The topological polar surface area (TPSA) is 98.2 Å². The van der Waals surface area contributed by atoms with E-state index >= 15 is 0 Å². The van der Waals surface area contributed by atoms with E-state index < -0.39 is 5.91 Å². The number of primary amides is 1. The maximum absolute atomic E-state index is 12.1. The summed E-state index contributed by atoms with van der Waals surface area (Å²) >= 11 is 0. The van der Waals surface area contributed by atoms with Gasteiger partial charge in [0.05, 0.1) is 0 Å². The Bertz CT molecular complexity index is 706. The van der Waals surface area contributed by atoms with Crippen molar-refractivity contribution in [2.24, 2.45) is 11.5 Å². The molecule has 2 aromatic rings. The molecule has 0 spiro atoms. The largest absolute Gasteiger partial charge is 0.366 e. The summed E-state index contributed by atoms with van der Waals surface area (Å²) in [5.74, 6) is -0.285. The maximum atomic E-state index is 12.1. The molecule has 5 N–H and O–H groups in total. The molecule has 2 rings (SSSR count). The van der Waals surface area contributed by atoms with Crippen LogP contribution in [0.25, 0.3) is 0 Å². The molecule has 0 bridgehead atoms. The molecule has 0 heterocycles. The molecule has 0 radical (unpaired) electrons. The van der Waals surface area contributed by atoms with E-state index in [1.54, 1.807) is 12.1 Å². The van der Waals surface area contributed by atoms with E-state index in [9.17, 15) is 9.59 Å². The molecule has 0 aliphatic heterocycles. The van der Waals surface area contributed by atoms with Crippen LogP contribution in [0.3, 0.4) is 0 Å². The molecule has 0 saturated heterocycles. The van der Waals surface area contributed by atoms with Crippen LogP contribution < -0.4 is 16.8 Å². The van der Waals surface area contributed by atoms with Crippen molar-refractivity contribution in [3.8, 4) is 0 Å². The zero-order valence-electron chi connectivity index (χ0n) is 14.0. The molecule has 2 aromatic carbocycles. The number of amides is 2. The van der Waals surface area contributed by atoms with Gasteiger partial charge in [-0.25, -0.2) is 0 Å². The van der Waals surface area contributed by atoms with Crippen molar-refractivity contribution >= 4 is 11.8 Å². The number of carbonyl (C=O) groups excluding carboxylic acids is 2. The summed E-state index contributed by atoms with van der Waals surface area (Å²) in [7, 11) is 0. The molecule has 5 heteroatoms. The maximum Gasteiger partial charge on any atom is 0.251 e. The predicted octanol–water partition coefficient (Wildman–Crippen LogP) is 2.34. The third-order valence-corrected chi connectivity index (χ3v) is 3.95. The van der Waals surface area contributed by atoms with E-state index in [0.29, 0.717) is 23.6 Å². The Morgan fingerprint density at radius 3 is 1.92 bits per heavy atom. The number of nitrogens with two attached hydrogens (primary N) is 2. The van der Waals surface area contributed by atoms with Crippen molar-refractivity contribution in [3.63, 3.8) is 0 Å². The standard InChI is InChI=1S/C19H23N3O2/c1-12(2)13-3-5-14(6-4-13)17(20)11-22-19(24)16-9-7-15(8-10-16)18(21)23/h3-10,12,17H,11,20H2,1-2H3,(H2,21,23)(H,22,24). The van der Waals surface area contributed by atoms with Gasteiger partial charge >= 0.3 is 0 Å². The van der Waals surface area contributed by atoms with Crippen molar-refractivity contribution in [3.05, 3.63) is 70.8 Å². The van der Waals surface area contributed by atoms with Gasteiger partial charge in [0.1, 0.15) is 0 Å². The molecule has 24 heavy (non-hydrogen) atoms. The Labute approximate surface area is 142 Å². The highest BCUT2D eigenvalue weighted by atomic mass is 16.2. The summed E-state index contributed by atoms with van der Waals surface area (Å²) in [5.41, 5.74) is 14.4. The van der Waals surface area contributed by atoms with Gasteiger partial charge in [-0.1, -0.05) is 38.1 Å². The number of hydrogen-bond donors (Lipinski definition) is 3. The van der Waals surface area contributed by atoms with Crippen LogP contribution in [0.1, 0.15) is 57.7 Å². The Hall–Kier alpha value is -2.66. The summed E-state index contributed by atoms with van der Waals surface area (Å²) in [6.45, 7) is 4.61. The van der Waals surface area contributed by atoms with Gasteiger partial charge in [-0.15, -0.1) is 0 Å². The van der Waals surface area contributed by atoms with Gasteiger partial charge in [-0.05, 0) is 41.3 Å². The average molecular weight is 325 g/mol. The number of carbonyl (C=O) groups is 2. The molecule has 0 aliphatic carbocycles. The Morgan fingerprint density at radius 2 is 1.42 bits per heavy atom. The highest BCUT2D eigenvalue weighted by molar-refractivity contribution is 5.97. The van der Waals surface area contributed by atoms with Crippen LogP contribution in [-0.2, 0) is 0 Å². The third-order valence-electron chi connectivity index (χ3n) is 3.95. The average Bonchev–Trinajstić information content (AvgIpc) is 2.59. The van der Waals surface area contributed by atoms with Crippen molar-refractivity contribution < 1.29 is 9.59 Å². The monoisotopic (exact) mass is 325 g/mol. The molecule has 5 nitrogen and oxygen atoms in total. The van der Waals surface area contributed by atoms with Crippen LogP contribution >= 0.6 is 0 Å². The molecule has 0 aromatic heterocycles. The molecule has 126 valence electrons. The minimum atomic E-state index is -0.520. The molecular formula is C19H23N3O2.